The quantitative estimate of drug-likeness (QED) is 0.633. The summed E-state index contributed by atoms with van der Waals surface area (Å²) in [6.07, 6.45) is 5.30. The number of unbranched alkanes of at least 4 members (excludes halogenated alkanes) is 1. The molecule has 0 aliphatic carbocycles. The van der Waals surface area contributed by atoms with E-state index in [2.05, 4.69) is 15.6 Å². The standard InChI is InChI=1S/C10H20N4O/c1-14-9-10(12-13-14)5-3-4-6-11-7-8-15-2/h9,11H,3-8H2,1-2H3. The molecule has 0 saturated carbocycles. The van der Waals surface area contributed by atoms with Crippen LogP contribution in [0.15, 0.2) is 6.20 Å². The summed E-state index contributed by atoms with van der Waals surface area (Å²) >= 11 is 0. The fourth-order valence-corrected chi connectivity index (χ4v) is 1.37. The van der Waals surface area contributed by atoms with Gasteiger partial charge in [-0.3, -0.25) is 4.68 Å². The van der Waals surface area contributed by atoms with Gasteiger partial charge < -0.3 is 10.1 Å². The highest BCUT2D eigenvalue weighted by atomic mass is 16.5. The summed E-state index contributed by atoms with van der Waals surface area (Å²) in [5.74, 6) is 0. The van der Waals surface area contributed by atoms with Crippen LogP contribution in [-0.2, 0) is 18.2 Å². The van der Waals surface area contributed by atoms with Crippen LogP contribution in [0.25, 0.3) is 0 Å². The number of nitrogens with zero attached hydrogens (tertiary/aromatic N) is 3. The number of aryl methyl sites for hydroxylation is 2. The molecule has 5 nitrogen and oxygen atoms in total. The average Bonchev–Trinajstić information content (AvgIpc) is 2.63. The number of nitrogens with one attached hydrogen (secondary N) is 1. The molecule has 5 heteroatoms. The first-order valence-electron chi connectivity index (χ1n) is 5.38. The molecule has 1 heterocycles. The van der Waals surface area contributed by atoms with Crippen molar-refractivity contribution < 1.29 is 4.74 Å². The zero-order valence-corrected chi connectivity index (χ0v) is 9.57. The molecule has 1 N–H and O–H groups in total. The molecule has 0 spiro atoms. The molecule has 1 aromatic rings. The molecule has 0 atom stereocenters. The van der Waals surface area contributed by atoms with Crippen molar-refractivity contribution in [2.75, 3.05) is 26.8 Å². The van der Waals surface area contributed by atoms with Gasteiger partial charge in [-0.1, -0.05) is 5.21 Å². The maximum absolute atomic E-state index is 4.94. The number of aromatic nitrogens is 3. The fourth-order valence-electron chi connectivity index (χ4n) is 1.37. The third-order valence-corrected chi connectivity index (χ3v) is 2.17. The summed E-state index contributed by atoms with van der Waals surface area (Å²) < 4.78 is 6.68. The first kappa shape index (κ1) is 12.1. The monoisotopic (exact) mass is 212 g/mol. The minimum absolute atomic E-state index is 0.782. The van der Waals surface area contributed by atoms with Crippen LogP contribution in [0.2, 0.25) is 0 Å². The van der Waals surface area contributed by atoms with E-state index in [1.807, 2.05) is 13.2 Å². The van der Waals surface area contributed by atoms with Gasteiger partial charge in [-0.25, -0.2) is 0 Å². The van der Waals surface area contributed by atoms with Crippen molar-refractivity contribution in [1.29, 1.82) is 0 Å². The van der Waals surface area contributed by atoms with Crippen LogP contribution in [0.4, 0.5) is 0 Å². The van der Waals surface area contributed by atoms with Gasteiger partial charge >= 0.3 is 0 Å². The van der Waals surface area contributed by atoms with Gasteiger partial charge in [-0.15, -0.1) is 5.10 Å². The van der Waals surface area contributed by atoms with E-state index in [0.717, 1.165) is 38.2 Å². The molecule has 86 valence electrons. The zero-order chi connectivity index (χ0) is 10.9. The van der Waals surface area contributed by atoms with Crippen molar-refractivity contribution >= 4 is 0 Å². The van der Waals surface area contributed by atoms with E-state index in [1.54, 1.807) is 11.8 Å². The smallest absolute Gasteiger partial charge is 0.0827 e. The molecule has 0 unspecified atom stereocenters. The lowest BCUT2D eigenvalue weighted by Crippen LogP contribution is -2.20. The molecule has 0 aliphatic rings. The second-order valence-corrected chi connectivity index (χ2v) is 3.58. The SMILES string of the molecule is COCCNCCCCc1cn(C)nn1. The van der Waals surface area contributed by atoms with E-state index in [1.165, 1.54) is 6.42 Å². The van der Waals surface area contributed by atoms with E-state index in [4.69, 9.17) is 4.74 Å². The number of hydrogen-bond donors (Lipinski definition) is 1. The third-order valence-electron chi connectivity index (χ3n) is 2.17. The van der Waals surface area contributed by atoms with E-state index in [0.29, 0.717) is 0 Å². The Morgan fingerprint density at radius 1 is 1.40 bits per heavy atom. The third kappa shape index (κ3) is 5.49. The Balaban J connectivity index is 1.93. The van der Waals surface area contributed by atoms with E-state index in [-0.39, 0.29) is 0 Å². The van der Waals surface area contributed by atoms with Crippen LogP contribution in [0.3, 0.4) is 0 Å². The number of rotatable bonds is 8. The minimum Gasteiger partial charge on any atom is -0.383 e. The van der Waals surface area contributed by atoms with Crippen molar-refractivity contribution in [3.05, 3.63) is 11.9 Å². The Morgan fingerprint density at radius 2 is 2.27 bits per heavy atom. The maximum atomic E-state index is 4.94. The number of hydrogen-bond acceptors (Lipinski definition) is 4. The van der Waals surface area contributed by atoms with Crippen LogP contribution in [-0.4, -0.2) is 41.8 Å². The predicted octanol–water partition coefficient (Wildman–Crippen LogP) is 0.374. The lowest BCUT2D eigenvalue weighted by Gasteiger charge is -2.02. The normalized spacial score (nSPS) is 10.8. The number of ether oxygens (including phenoxy) is 1. The first-order chi connectivity index (χ1) is 7.33. The Bertz CT molecular complexity index is 262. The van der Waals surface area contributed by atoms with Crippen molar-refractivity contribution in [3.63, 3.8) is 0 Å². The van der Waals surface area contributed by atoms with Gasteiger partial charge in [0, 0.05) is 26.9 Å². The Hall–Kier alpha value is -0.940. The fraction of sp³-hybridized carbons (Fsp3) is 0.800. The molecule has 0 fully saturated rings. The molecule has 0 amide bonds. The van der Waals surface area contributed by atoms with Crippen LogP contribution < -0.4 is 5.32 Å². The Morgan fingerprint density at radius 3 is 2.93 bits per heavy atom. The van der Waals surface area contributed by atoms with Crippen molar-refractivity contribution in [2.45, 2.75) is 19.3 Å². The highest BCUT2D eigenvalue weighted by Gasteiger charge is 1.97. The minimum atomic E-state index is 0.782. The van der Waals surface area contributed by atoms with Crippen molar-refractivity contribution in [2.24, 2.45) is 7.05 Å². The second-order valence-electron chi connectivity index (χ2n) is 3.58. The van der Waals surface area contributed by atoms with Crippen molar-refractivity contribution in [1.82, 2.24) is 20.3 Å². The summed E-state index contributed by atoms with van der Waals surface area (Å²) in [4.78, 5) is 0. The molecule has 0 aromatic carbocycles. The summed E-state index contributed by atoms with van der Waals surface area (Å²) in [6, 6.07) is 0. The molecular weight excluding hydrogens is 192 g/mol. The van der Waals surface area contributed by atoms with Crippen molar-refractivity contribution in [3.8, 4) is 0 Å². The van der Waals surface area contributed by atoms with Gasteiger partial charge in [0.15, 0.2) is 0 Å². The number of methoxy groups -OCH3 is 1. The van der Waals surface area contributed by atoms with Gasteiger partial charge in [0.1, 0.15) is 0 Å². The second kappa shape index (κ2) is 7.36. The molecule has 1 rings (SSSR count). The lowest BCUT2D eigenvalue weighted by atomic mass is 10.2. The summed E-state index contributed by atoms with van der Waals surface area (Å²) in [7, 11) is 3.61. The Kier molecular flexibility index (Phi) is 5.96. The van der Waals surface area contributed by atoms with E-state index < -0.39 is 0 Å². The molecule has 0 bridgehead atoms. The van der Waals surface area contributed by atoms with E-state index in [9.17, 15) is 0 Å². The largest absolute Gasteiger partial charge is 0.383 e. The molecule has 15 heavy (non-hydrogen) atoms. The van der Waals surface area contributed by atoms with Gasteiger partial charge in [-0.05, 0) is 25.8 Å². The Labute approximate surface area is 90.8 Å². The zero-order valence-electron chi connectivity index (χ0n) is 9.57. The average molecular weight is 212 g/mol. The highest BCUT2D eigenvalue weighted by Crippen LogP contribution is 1.99. The van der Waals surface area contributed by atoms with Crippen LogP contribution in [0, 0.1) is 0 Å². The molecular formula is C10H20N4O. The molecule has 0 saturated heterocycles. The predicted molar refractivity (Wildman–Crippen MR) is 58.7 cm³/mol. The lowest BCUT2D eigenvalue weighted by molar-refractivity contribution is 0.199. The summed E-state index contributed by atoms with van der Waals surface area (Å²) in [6.45, 7) is 2.76. The van der Waals surface area contributed by atoms with E-state index >= 15 is 0 Å². The maximum Gasteiger partial charge on any atom is 0.0827 e. The molecule has 0 radical (unpaired) electrons. The van der Waals surface area contributed by atoms with Crippen LogP contribution in [0.1, 0.15) is 18.5 Å². The van der Waals surface area contributed by atoms with Gasteiger partial charge in [-0.2, -0.15) is 0 Å². The molecule has 1 aromatic heterocycles. The van der Waals surface area contributed by atoms with Gasteiger partial charge in [0.2, 0.25) is 0 Å². The van der Waals surface area contributed by atoms with Crippen LogP contribution >= 0.6 is 0 Å². The van der Waals surface area contributed by atoms with Crippen LogP contribution in [0.5, 0.6) is 0 Å². The topological polar surface area (TPSA) is 52.0 Å². The van der Waals surface area contributed by atoms with Gasteiger partial charge in [0.05, 0.1) is 12.3 Å². The molecule has 0 aliphatic heterocycles. The summed E-state index contributed by atoms with van der Waals surface area (Å²) in [5.41, 5.74) is 1.08. The van der Waals surface area contributed by atoms with Gasteiger partial charge in [0.25, 0.3) is 0 Å². The highest BCUT2D eigenvalue weighted by molar-refractivity contribution is 4.91. The summed E-state index contributed by atoms with van der Waals surface area (Å²) in [5, 5.41) is 11.2. The first-order valence-corrected chi connectivity index (χ1v) is 5.38.